The second-order valence-electron chi connectivity index (χ2n) is 4.36. The van der Waals surface area contributed by atoms with Crippen LogP contribution in [0.1, 0.15) is 26.5 Å². The van der Waals surface area contributed by atoms with Gasteiger partial charge in [-0.1, -0.05) is 0 Å². The van der Waals surface area contributed by atoms with Gasteiger partial charge in [-0.2, -0.15) is 0 Å². The van der Waals surface area contributed by atoms with Gasteiger partial charge in [-0.3, -0.25) is 14.5 Å². The van der Waals surface area contributed by atoms with Crippen LogP contribution in [0, 0.1) is 11.6 Å². The van der Waals surface area contributed by atoms with Crippen molar-refractivity contribution in [3.05, 3.63) is 53.1 Å². The maximum atomic E-state index is 13.1. The van der Waals surface area contributed by atoms with Crippen LogP contribution in [-0.4, -0.2) is 33.2 Å². The van der Waals surface area contributed by atoms with E-state index in [2.05, 4.69) is 9.97 Å². The summed E-state index contributed by atoms with van der Waals surface area (Å²) in [4.78, 5) is 31.8. The fourth-order valence-corrected chi connectivity index (χ4v) is 2.14. The molecule has 0 atom stereocenters. The van der Waals surface area contributed by atoms with E-state index in [0.29, 0.717) is 12.2 Å². The van der Waals surface area contributed by atoms with E-state index in [-0.39, 0.29) is 17.7 Å². The molecule has 102 valence electrons. The van der Waals surface area contributed by atoms with Gasteiger partial charge in [-0.15, -0.1) is 0 Å². The van der Waals surface area contributed by atoms with Gasteiger partial charge in [0, 0.05) is 25.4 Å². The van der Waals surface area contributed by atoms with Gasteiger partial charge in [0.05, 0.1) is 11.1 Å². The number of aromatic amines is 1. The summed E-state index contributed by atoms with van der Waals surface area (Å²) in [6, 6.07) is 1.52. The number of hydrogen-bond acceptors (Lipinski definition) is 3. The standard InChI is InChI=1S/C13H9F2N3O2/c14-9-5-7-8(6-10(9)15)13(20)18(12(7)19)4-1-11-16-2-3-17-11/h2-3,5-6H,1,4H2,(H,16,17). The maximum Gasteiger partial charge on any atom is 0.261 e. The SMILES string of the molecule is O=C1c2cc(F)c(F)cc2C(=O)N1CCc1ncc[nH]1. The number of halogens is 2. The van der Waals surface area contributed by atoms with Gasteiger partial charge in [0.15, 0.2) is 11.6 Å². The van der Waals surface area contributed by atoms with Crippen molar-refractivity contribution in [3.8, 4) is 0 Å². The molecule has 0 fully saturated rings. The zero-order valence-corrected chi connectivity index (χ0v) is 10.2. The van der Waals surface area contributed by atoms with E-state index >= 15 is 0 Å². The number of benzene rings is 1. The molecular weight excluding hydrogens is 268 g/mol. The Morgan fingerprint density at radius 3 is 2.20 bits per heavy atom. The quantitative estimate of drug-likeness (QED) is 0.865. The van der Waals surface area contributed by atoms with E-state index < -0.39 is 23.4 Å². The molecule has 0 unspecified atom stereocenters. The smallest absolute Gasteiger partial charge is 0.261 e. The summed E-state index contributed by atoms with van der Waals surface area (Å²) >= 11 is 0. The van der Waals surface area contributed by atoms with Crippen LogP contribution >= 0.6 is 0 Å². The first-order chi connectivity index (χ1) is 9.58. The zero-order chi connectivity index (χ0) is 14.3. The molecule has 2 heterocycles. The number of imide groups is 1. The lowest BCUT2D eigenvalue weighted by molar-refractivity contribution is 0.0655. The molecule has 0 radical (unpaired) electrons. The van der Waals surface area contributed by atoms with E-state index in [1.165, 1.54) is 0 Å². The van der Waals surface area contributed by atoms with Crippen molar-refractivity contribution >= 4 is 11.8 Å². The van der Waals surface area contributed by atoms with Crippen molar-refractivity contribution in [3.63, 3.8) is 0 Å². The number of H-pyrrole nitrogens is 1. The summed E-state index contributed by atoms with van der Waals surface area (Å²) in [5.41, 5.74) is -0.207. The third kappa shape index (κ3) is 1.87. The molecule has 0 saturated heterocycles. The van der Waals surface area contributed by atoms with Crippen LogP contribution in [0.2, 0.25) is 0 Å². The topological polar surface area (TPSA) is 66.1 Å². The highest BCUT2D eigenvalue weighted by molar-refractivity contribution is 6.21. The molecule has 1 aliphatic heterocycles. The second-order valence-corrected chi connectivity index (χ2v) is 4.36. The monoisotopic (exact) mass is 277 g/mol. The predicted octanol–water partition coefficient (Wildman–Crippen LogP) is 1.53. The van der Waals surface area contributed by atoms with Crippen molar-refractivity contribution in [2.75, 3.05) is 6.54 Å². The second kappa shape index (κ2) is 4.52. The molecule has 1 N–H and O–H groups in total. The maximum absolute atomic E-state index is 13.1. The van der Waals surface area contributed by atoms with Crippen molar-refractivity contribution in [2.24, 2.45) is 0 Å². The molecule has 0 aliphatic carbocycles. The molecule has 1 aromatic carbocycles. The number of carbonyl (C=O) groups is 2. The Hall–Kier alpha value is -2.57. The first-order valence-electron chi connectivity index (χ1n) is 5.91. The van der Waals surface area contributed by atoms with Gasteiger partial charge in [-0.25, -0.2) is 13.8 Å². The van der Waals surface area contributed by atoms with Gasteiger partial charge in [0.1, 0.15) is 5.82 Å². The van der Waals surface area contributed by atoms with E-state index in [9.17, 15) is 18.4 Å². The number of nitrogens with one attached hydrogen (secondary N) is 1. The van der Waals surface area contributed by atoms with E-state index in [1.807, 2.05) is 0 Å². The predicted molar refractivity (Wildman–Crippen MR) is 64.0 cm³/mol. The molecule has 2 amide bonds. The van der Waals surface area contributed by atoms with Crippen LogP contribution in [0.3, 0.4) is 0 Å². The summed E-state index contributed by atoms with van der Waals surface area (Å²) in [6.07, 6.45) is 3.54. The van der Waals surface area contributed by atoms with E-state index in [1.54, 1.807) is 12.4 Å². The van der Waals surface area contributed by atoms with Gasteiger partial charge in [-0.05, 0) is 12.1 Å². The van der Waals surface area contributed by atoms with Gasteiger partial charge in [0.2, 0.25) is 0 Å². The van der Waals surface area contributed by atoms with E-state index in [0.717, 1.165) is 17.0 Å². The lowest BCUT2D eigenvalue weighted by Gasteiger charge is -2.12. The average Bonchev–Trinajstić information content (AvgIpc) is 3.00. The number of amides is 2. The van der Waals surface area contributed by atoms with Crippen LogP contribution in [0.25, 0.3) is 0 Å². The van der Waals surface area contributed by atoms with E-state index in [4.69, 9.17) is 0 Å². The number of imidazole rings is 1. The molecular formula is C13H9F2N3O2. The summed E-state index contributed by atoms with van der Waals surface area (Å²) in [7, 11) is 0. The third-order valence-electron chi connectivity index (χ3n) is 3.14. The van der Waals surface area contributed by atoms with Crippen LogP contribution in [-0.2, 0) is 6.42 Å². The van der Waals surface area contributed by atoms with Crippen molar-refractivity contribution in [2.45, 2.75) is 6.42 Å². The Bertz CT molecular complexity index is 657. The molecule has 2 aromatic rings. The van der Waals surface area contributed by atoms with Gasteiger partial charge < -0.3 is 4.98 Å². The van der Waals surface area contributed by atoms with Crippen molar-refractivity contribution in [1.29, 1.82) is 0 Å². The van der Waals surface area contributed by atoms with Crippen molar-refractivity contribution < 1.29 is 18.4 Å². The summed E-state index contributed by atoms with van der Waals surface area (Å²) in [6.45, 7) is 0.100. The largest absolute Gasteiger partial charge is 0.349 e. The van der Waals surface area contributed by atoms with Gasteiger partial charge in [0.25, 0.3) is 11.8 Å². The summed E-state index contributed by atoms with van der Waals surface area (Å²) in [5, 5.41) is 0. The molecule has 0 saturated carbocycles. The van der Waals surface area contributed by atoms with Crippen LogP contribution in [0.15, 0.2) is 24.5 Å². The highest BCUT2D eigenvalue weighted by Gasteiger charge is 2.36. The van der Waals surface area contributed by atoms with Crippen LogP contribution in [0.5, 0.6) is 0 Å². The van der Waals surface area contributed by atoms with Crippen molar-refractivity contribution in [1.82, 2.24) is 14.9 Å². The Morgan fingerprint density at radius 2 is 1.70 bits per heavy atom. The van der Waals surface area contributed by atoms with Crippen LogP contribution < -0.4 is 0 Å². The molecule has 5 nitrogen and oxygen atoms in total. The lowest BCUT2D eigenvalue weighted by atomic mass is 10.1. The number of fused-ring (bicyclic) bond motifs is 1. The number of aromatic nitrogens is 2. The highest BCUT2D eigenvalue weighted by Crippen LogP contribution is 2.25. The van der Waals surface area contributed by atoms with Gasteiger partial charge >= 0.3 is 0 Å². The summed E-state index contributed by atoms with van der Waals surface area (Å²) < 4.78 is 26.3. The Kier molecular flexibility index (Phi) is 2.81. The lowest BCUT2D eigenvalue weighted by Crippen LogP contribution is -2.31. The number of carbonyl (C=O) groups excluding carboxylic acids is 2. The first kappa shape index (κ1) is 12.5. The first-order valence-corrected chi connectivity index (χ1v) is 5.91. The minimum absolute atomic E-state index is 0.100. The fraction of sp³-hybridized carbons (Fsp3) is 0.154. The normalized spacial score (nSPS) is 14.0. The Morgan fingerprint density at radius 1 is 1.10 bits per heavy atom. The number of rotatable bonds is 3. The Balaban J connectivity index is 1.85. The molecule has 0 spiro atoms. The Labute approximate surface area is 112 Å². The number of nitrogens with zero attached hydrogens (tertiary/aromatic N) is 2. The zero-order valence-electron chi connectivity index (χ0n) is 10.2. The average molecular weight is 277 g/mol. The highest BCUT2D eigenvalue weighted by atomic mass is 19.2. The fourth-order valence-electron chi connectivity index (χ4n) is 2.14. The molecule has 0 bridgehead atoms. The molecule has 1 aliphatic rings. The minimum atomic E-state index is -1.14. The minimum Gasteiger partial charge on any atom is -0.349 e. The summed E-state index contributed by atoms with van der Waals surface area (Å²) in [5.74, 6) is -2.89. The number of hydrogen-bond donors (Lipinski definition) is 1. The molecule has 20 heavy (non-hydrogen) atoms. The molecule has 1 aromatic heterocycles. The molecule has 7 heteroatoms. The third-order valence-corrected chi connectivity index (χ3v) is 3.14. The molecule has 3 rings (SSSR count). The van der Waals surface area contributed by atoms with Crippen LogP contribution in [0.4, 0.5) is 8.78 Å².